The zero-order chi connectivity index (χ0) is 25.0. The predicted octanol–water partition coefficient (Wildman–Crippen LogP) is 6.03. The number of hydrogen-bond acceptors (Lipinski definition) is 5. The topological polar surface area (TPSA) is 71.5 Å². The SMILES string of the molecule is Cc1cc(C(=O)C[C@@H]2CCCN(c3ccc(OC(F)(F)F)cc3Cl)C2)cc(NC(=O)C(C)C)n1. The van der Waals surface area contributed by atoms with Gasteiger partial charge in [-0.1, -0.05) is 25.4 Å². The van der Waals surface area contributed by atoms with Crippen LogP contribution in [0.4, 0.5) is 24.7 Å². The summed E-state index contributed by atoms with van der Waals surface area (Å²) in [5, 5.41) is 2.89. The molecule has 0 unspecified atom stereocenters. The largest absolute Gasteiger partial charge is 0.573 e. The van der Waals surface area contributed by atoms with Gasteiger partial charge >= 0.3 is 6.36 Å². The number of nitrogens with one attached hydrogen (secondary N) is 1. The molecule has 1 aliphatic rings. The number of ketones is 1. The molecule has 0 spiro atoms. The number of hydrogen-bond donors (Lipinski definition) is 1. The third kappa shape index (κ3) is 7.09. The maximum atomic E-state index is 13.0. The molecule has 1 amide bonds. The number of Topliss-reactive ketones (excluding diaryl/α,β-unsaturated/α-hetero) is 1. The Balaban J connectivity index is 1.68. The van der Waals surface area contributed by atoms with Crippen molar-refractivity contribution < 1.29 is 27.5 Å². The summed E-state index contributed by atoms with van der Waals surface area (Å²) < 4.78 is 41.3. The summed E-state index contributed by atoms with van der Waals surface area (Å²) in [5.74, 6) is -0.430. The zero-order valence-corrected chi connectivity index (χ0v) is 20.0. The van der Waals surface area contributed by atoms with Crippen LogP contribution in [0.2, 0.25) is 5.02 Å². The van der Waals surface area contributed by atoms with E-state index in [1.165, 1.54) is 12.1 Å². The number of ether oxygens (including phenoxy) is 1. The Kier molecular flexibility index (Phi) is 8.07. The van der Waals surface area contributed by atoms with Crippen molar-refractivity contribution in [2.24, 2.45) is 11.8 Å². The minimum absolute atomic E-state index is 0.0468. The molecule has 0 radical (unpaired) electrons. The van der Waals surface area contributed by atoms with Crippen LogP contribution >= 0.6 is 11.6 Å². The lowest BCUT2D eigenvalue weighted by Crippen LogP contribution is -2.36. The quantitative estimate of drug-likeness (QED) is 0.473. The summed E-state index contributed by atoms with van der Waals surface area (Å²) in [6, 6.07) is 7.17. The molecule has 1 aromatic carbocycles. The molecule has 2 heterocycles. The number of piperidine rings is 1. The van der Waals surface area contributed by atoms with Crippen molar-refractivity contribution in [2.75, 3.05) is 23.3 Å². The highest BCUT2D eigenvalue weighted by atomic mass is 35.5. The summed E-state index contributed by atoms with van der Waals surface area (Å²) >= 11 is 6.24. The number of benzene rings is 1. The molecule has 0 saturated carbocycles. The summed E-state index contributed by atoms with van der Waals surface area (Å²) in [6.45, 7) is 6.54. The van der Waals surface area contributed by atoms with E-state index < -0.39 is 6.36 Å². The van der Waals surface area contributed by atoms with Crippen molar-refractivity contribution in [2.45, 2.75) is 46.4 Å². The van der Waals surface area contributed by atoms with Crippen molar-refractivity contribution in [1.82, 2.24) is 4.98 Å². The number of halogens is 4. The summed E-state index contributed by atoms with van der Waals surface area (Å²) in [7, 11) is 0. The van der Waals surface area contributed by atoms with E-state index >= 15 is 0 Å². The highest BCUT2D eigenvalue weighted by molar-refractivity contribution is 6.33. The molecule has 6 nitrogen and oxygen atoms in total. The number of amides is 1. The molecule has 34 heavy (non-hydrogen) atoms. The van der Waals surface area contributed by atoms with Gasteiger partial charge in [0.2, 0.25) is 5.91 Å². The predicted molar refractivity (Wildman–Crippen MR) is 124 cm³/mol. The van der Waals surface area contributed by atoms with Crippen molar-refractivity contribution in [3.05, 3.63) is 46.6 Å². The van der Waals surface area contributed by atoms with Crippen molar-refractivity contribution in [1.29, 1.82) is 0 Å². The second-order valence-electron chi connectivity index (χ2n) is 8.77. The van der Waals surface area contributed by atoms with E-state index in [-0.39, 0.29) is 34.3 Å². The Hall–Kier alpha value is -2.81. The van der Waals surface area contributed by atoms with Crippen LogP contribution in [-0.2, 0) is 4.79 Å². The maximum Gasteiger partial charge on any atom is 0.573 e. The van der Waals surface area contributed by atoms with Gasteiger partial charge in [0, 0.05) is 42.8 Å². The van der Waals surface area contributed by atoms with Gasteiger partial charge in [-0.2, -0.15) is 0 Å². The van der Waals surface area contributed by atoms with E-state index in [9.17, 15) is 22.8 Å². The van der Waals surface area contributed by atoms with Gasteiger partial charge in [-0.25, -0.2) is 4.98 Å². The first kappa shape index (κ1) is 25.8. The van der Waals surface area contributed by atoms with E-state index in [0.29, 0.717) is 42.3 Å². The highest BCUT2D eigenvalue weighted by Gasteiger charge is 2.31. The monoisotopic (exact) mass is 497 g/mol. The molecule has 3 rings (SSSR count). The van der Waals surface area contributed by atoms with E-state index in [4.69, 9.17) is 11.6 Å². The van der Waals surface area contributed by atoms with Gasteiger partial charge < -0.3 is 15.0 Å². The van der Waals surface area contributed by atoms with Crippen molar-refractivity contribution in [3.8, 4) is 5.75 Å². The average molecular weight is 498 g/mol. The Labute approximate surface area is 201 Å². The standard InChI is InChI=1S/C24H27ClF3N3O3/c1-14(2)23(33)30-22-11-17(9-15(3)29-22)21(32)10-16-5-4-8-31(13-16)20-7-6-18(12-19(20)25)34-24(26,27)28/h6-7,9,11-12,14,16H,4-5,8,10,13H2,1-3H3,(H,29,30,33)/t16-/m0/s1. The minimum atomic E-state index is -4.79. The van der Waals surface area contributed by atoms with Gasteiger partial charge in [-0.3, -0.25) is 9.59 Å². The third-order valence-electron chi connectivity index (χ3n) is 5.54. The Morgan fingerprint density at radius 1 is 1.26 bits per heavy atom. The number of carbonyl (C=O) groups excluding carboxylic acids is 2. The number of anilines is 2. The van der Waals surface area contributed by atoms with E-state index in [1.54, 1.807) is 32.9 Å². The summed E-state index contributed by atoms with van der Waals surface area (Å²) in [5.41, 5.74) is 1.71. The van der Waals surface area contributed by atoms with E-state index in [1.807, 2.05) is 4.90 Å². The second-order valence-corrected chi connectivity index (χ2v) is 9.18. The highest BCUT2D eigenvalue weighted by Crippen LogP contribution is 2.35. The first-order valence-corrected chi connectivity index (χ1v) is 11.4. The molecule has 1 saturated heterocycles. The first-order valence-electron chi connectivity index (χ1n) is 11.0. The maximum absolute atomic E-state index is 13.0. The fourth-order valence-corrected chi connectivity index (χ4v) is 4.23. The van der Waals surface area contributed by atoms with E-state index in [2.05, 4.69) is 15.0 Å². The number of aryl methyl sites for hydroxylation is 1. The van der Waals surface area contributed by atoms with Crippen LogP contribution in [0.5, 0.6) is 5.75 Å². The molecule has 2 aromatic rings. The summed E-state index contributed by atoms with van der Waals surface area (Å²) in [4.78, 5) is 31.3. The van der Waals surface area contributed by atoms with Crippen LogP contribution in [0.15, 0.2) is 30.3 Å². The molecule has 184 valence electrons. The lowest BCUT2D eigenvalue weighted by molar-refractivity contribution is -0.274. The molecule has 1 fully saturated rings. The van der Waals surface area contributed by atoms with Gasteiger partial charge in [-0.05, 0) is 49.9 Å². The van der Waals surface area contributed by atoms with Gasteiger partial charge in [0.15, 0.2) is 5.78 Å². The molecule has 1 atom stereocenters. The van der Waals surface area contributed by atoms with Crippen molar-refractivity contribution >= 4 is 34.8 Å². The lowest BCUT2D eigenvalue weighted by atomic mass is 9.90. The first-order chi connectivity index (χ1) is 15.9. The van der Waals surface area contributed by atoms with Gasteiger partial charge in [0.25, 0.3) is 0 Å². The van der Waals surface area contributed by atoms with Gasteiger partial charge in [0.1, 0.15) is 11.6 Å². The van der Waals surface area contributed by atoms with Crippen LogP contribution in [0, 0.1) is 18.8 Å². The van der Waals surface area contributed by atoms with Crippen LogP contribution in [-0.4, -0.2) is 36.1 Å². The Bertz CT molecular complexity index is 1060. The Morgan fingerprint density at radius 2 is 2.00 bits per heavy atom. The normalized spacial score (nSPS) is 16.5. The number of nitrogens with zero attached hydrogens (tertiary/aromatic N) is 2. The Morgan fingerprint density at radius 3 is 2.65 bits per heavy atom. The molecule has 0 bridgehead atoms. The molecule has 1 N–H and O–H groups in total. The molecule has 10 heteroatoms. The third-order valence-corrected chi connectivity index (χ3v) is 5.84. The minimum Gasteiger partial charge on any atom is -0.406 e. The van der Waals surface area contributed by atoms with Crippen LogP contribution in [0.3, 0.4) is 0 Å². The fourth-order valence-electron chi connectivity index (χ4n) is 3.94. The molecular formula is C24H27ClF3N3O3. The molecule has 1 aromatic heterocycles. The fraction of sp³-hybridized carbons (Fsp3) is 0.458. The molecular weight excluding hydrogens is 471 g/mol. The second kappa shape index (κ2) is 10.6. The number of pyridine rings is 1. The van der Waals surface area contributed by atoms with Crippen LogP contribution < -0.4 is 15.0 Å². The van der Waals surface area contributed by atoms with E-state index in [0.717, 1.165) is 18.9 Å². The number of rotatable bonds is 7. The van der Waals surface area contributed by atoms with Gasteiger partial charge in [0.05, 0.1) is 10.7 Å². The number of carbonyl (C=O) groups is 2. The smallest absolute Gasteiger partial charge is 0.406 e. The lowest BCUT2D eigenvalue weighted by Gasteiger charge is -2.35. The van der Waals surface area contributed by atoms with Crippen molar-refractivity contribution in [3.63, 3.8) is 0 Å². The molecule has 1 aliphatic heterocycles. The average Bonchev–Trinajstić information content (AvgIpc) is 2.72. The van der Waals surface area contributed by atoms with Crippen LogP contribution in [0.1, 0.15) is 49.2 Å². The van der Waals surface area contributed by atoms with Gasteiger partial charge in [-0.15, -0.1) is 13.2 Å². The number of alkyl halides is 3. The van der Waals surface area contributed by atoms with Crippen LogP contribution in [0.25, 0.3) is 0 Å². The zero-order valence-electron chi connectivity index (χ0n) is 19.2. The summed E-state index contributed by atoms with van der Waals surface area (Å²) in [6.07, 6.45) is -2.83. The molecule has 0 aliphatic carbocycles. The number of aromatic nitrogens is 1.